The molecule has 0 radical (unpaired) electrons. The van der Waals surface area contributed by atoms with Gasteiger partial charge in [-0.1, -0.05) is 51.5 Å². The maximum Gasteiger partial charge on any atom is 0.171 e. The Hall–Kier alpha value is -1.49. The van der Waals surface area contributed by atoms with E-state index in [4.69, 9.17) is 0 Å². The first-order valence-electron chi connectivity index (χ1n) is 7.87. The molecule has 0 atom stereocenters. The molecule has 0 unspecified atom stereocenters. The monoisotopic (exact) mass is 326 g/mol. The number of hydrogen-bond acceptors (Lipinski definition) is 4. The Kier molecular flexibility index (Phi) is 8.02. The number of sulfone groups is 1. The Bertz CT molecular complexity index is 576. The van der Waals surface area contributed by atoms with Crippen LogP contribution in [-0.2, 0) is 9.84 Å². The lowest BCUT2D eigenvalue weighted by atomic mass is 10.1. The minimum atomic E-state index is -3.22. The van der Waals surface area contributed by atoms with Crippen LogP contribution in [0.1, 0.15) is 57.4 Å². The van der Waals surface area contributed by atoms with Crippen LogP contribution in [0.15, 0.2) is 23.6 Å². The summed E-state index contributed by atoms with van der Waals surface area (Å²) in [7, 11) is -3.22. The predicted molar refractivity (Wildman–Crippen MR) is 90.6 cm³/mol. The summed E-state index contributed by atoms with van der Waals surface area (Å²) in [4.78, 5) is 0. The minimum absolute atomic E-state index is 0.154. The molecular weight excluding hydrogens is 300 g/mol. The second kappa shape index (κ2) is 9.51. The molecule has 0 aliphatic carbocycles. The normalized spacial score (nSPS) is 12.0. The summed E-state index contributed by atoms with van der Waals surface area (Å²) in [5, 5.41) is 19.7. The molecule has 22 heavy (non-hydrogen) atoms. The molecule has 0 saturated heterocycles. The topological polar surface area (TPSA) is 74.6 Å². The average molecular weight is 326 g/mol. The van der Waals surface area contributed by atoms with Crippen molar-refractivity contribution in [2.45, 2.75) is 51.9 Å². The van der Waals surface area contributed by atoms with Crippen molar-refractivity contribution in [2.24, 2.45) is 0 Å². The summed E-state index contributed by atoms with van der Waals surface area (Å²) < 4.78 is 23.8. The molecule has 5 heteroatoms. The van der Waals surface area contributed by atoms with E-state index in [0.29, 0.717) is 12.0 Å². The molecular formula is C17H26O4S. The number of rotatable bonds is 10. The number of phenols is 2. The second-order valence-electron chi connectivity index (χ2n) is 5.54. The largest absolute Gasteiger partial charge is 0.504 e. The van der Waals surface area contributed by atoms with Crippen LogP contribution < -0.4 is 0 Å². The fourth-order valence-corrected chi connectivity index (χ4v) is 3.26. The first-order chi connectivity index (χ1) is 10.4. The van der Waals surface area contributed by atoms with Gasteiger partial charge in [0.15, 0.2) is 21.3 Å². The zero-order valence-electron chi connectivity index (χ0n) is 13.2. The molecule has 124 valence electrons. The van der Waals surface area contributed by atoms with Crippen molar-refractivity contribution in [1.82, 2.24) is 0 Å². The van der Waals surface area contributed by atoms with Gasteiger partial charge in [-0.2, -0.15) is 0 Å². The van der Waals surface area contributed by atoms with E-state index in [1.807, 2.05) is 0 Å². The average Bonchev–Trinajstić information content (AvgIpc) is 2.48. The molecule has 0 bridgehead atoms. The summed E-state index contributed by atoms with van der Waals surface area (Å²) in [6.45, 7) is 2.17. The fourth-order valence-electron chi connectivity index (χ4n) is 2.15. The summed E-state index contributed by atoms with van der Waals surface area (Å²) in [5.74, 6) is -0.323. The van der Waals surface area contributed by atoms with Crippen LogP contribution in [0.2, 0.25) is 0 Å². The van der Waals surface area contributed by atoms with Gasteiger partial charge in [-0.25, -0.2) is 8.42 Å². The van der Waals surface area contributed by atoms with Crippen molar-refractivity contribution in [3.8, 4) is 11.5 Å². The number of benzene rings is 1. The van der Waals surface area contributed by atoms with Gasteiger partial charge in [-0.15, -0.1) is 0 Å². The van der Waals surface area contributed by atoms with Crippen molar-refractivity contribution < 1.29 is 18.6 Å². The van der Waals surface area contributed by atoms with E-state index in [2.05, 4.69) is 6.92 Å². The standard InChI is InChI=1S/C17H26O4S/c1-2-3-4-5-6-7-8-12-22(20,21)13-11-15-9-10-16(18)17(19)14-15/h9-11,13-14,18-19H,2-8,12H2,1H3/b13-11+. The minimum Gasteiger partial charge on any atom is -0.504 e. The maximum atomic E-state index is 11.9. The molecule has 1 rings (SSSR count). The van der Waals surface area contributed by atoms with Gasteiger partial charge in [0.2, 0.25) is 0 Å². The highest BCUT2D eigenvalue weighted by atomic mass is 32.2. The number of phenolic OH excluding ortho intramolecular Hbond substituents is 2. The zero-order valence-corrected chi connectivity index (χ0v) is 14.0. The van der Waals surface area contributed by atoms with Gasteiger partial charge in [-0.3, -0.25) is 0 Å². The number of hydrogen-bond donors (Lipinski definition) is 2. The third kappa shape index (κ3) is 7.50. The Morgan fingerprint density at radius 1 is 0.955 bits per heavy atom. The fraction of sp³-hybridized carbons (Fsp3) is 0.529. The van der Waals surface area contributed by atoms with Gasteiger partial charge in [0.25, 0.3) is 0 Å². The van der Waals surface area contributed by atoms with Crippen LogP contribution >= 0.6 is 0 Å². The van der Waals surface area contributed by atoms with E-state index in [1.54, 1.807) is 6.07 Å². The van der Waals surface area contributed by atoms with Crippen LogP contribution in [0.4, 0.5) is 0 Å². The van der Waals surface area contributed by atoms with E-state index in [-0.39, 0.29) is 17.3 Å². The van der Waals surface area contributed by atoms with E-state index < -0.39 is 9.84 Å². The lowest BCUT2D eigenvalue weighted by Crippen LogP contribution is -2.01. The molecule has 0 spiro atoms. The zero-order chi connectivity index (χ0) is 16.4. The van der Waals surface area contributed by atoms with Crippen LogP contribution in [0, 0.1) is 0 Å². The molecule has 0 aliphatic rings. The highest BCUT2D eigenvalue weighted by Gasteiger charge is 2.06. The van der Waals surface area contributed by atoms with Crippen LogP contribution in [0.3, 0.4) is 0 Å². The molecule has 0 aromatic heterocycles. The molecule has 1 aromatic carbocycles. The van der Waals surface area contributed by atoms with Gasteiger partial charge in [0, 0.05) is 5.41 Å². The summed E-state index contributed by atoms with van der Waals surface area (Å²) in [6, 6.07) is 4.21. The first-order valence-corrected chi connectivity index (χ1v) is 9.59. The molecule has 0 saturated carbocycles. The Balaban J connectivity index is 2.36. The molecule has 0 amide bonds. The highest BCUT2D eigenvalue weighted by molar-refractivity contribution is 7.94. The summed E-state index contributed by atoms with van der Waals surface area (Å²) >= 11 is 0. The second-order valence-corrected chi connectivity index (χ2v) is 7.55. The predicted octanol–water partition coefficient (Wildman–Crippen LogP) is 4.23. The highest BCUT2D eigenvalue weighted by Crippen LogP contribution is 2.25. The third-order valence-corrected chi connectivity index (χ3v) is 4.91. The van der Waals surface area contributed by atoms with E-state index >= 15 is 0 Å². The van der Waals surface area contributed by atoms with E-state index in [0.717, 1.165) is 12.8 Å². The van der Waals surface area contributed by atoms with Crippen molar-refractivity contribution in [1.29, 1.82) is 0 Å². The Morgan fingerprint density at radius 2 is 1.59 bits per heavy atom. The van der Waals surface area contributed by atoms with Gasteiger partial charge >= 0.3 is 0 Å². The lowest BCUT2D eigenvalue weighted by Gasteiger charge is -2.01. The molecule has 0 fully saturated rings. The van der Waals surface area contributed by atoms with Gasteiger partial charge in [0.05, 0.1) is 5.75 Å². The number of aromatic hydroxyl groups is 2. The maximum absolute atomic E-state index is 11.9. The molecule has 2 N–H and O–H groups in total. The van der Waals surface area contributed by atoms with Crippen LogP contribution in [0.5, 0.6) is 11.5 Å². The summed E-state index contributed by atoms with van der Waals surface area (Å²) in [5.41, 5.74) is 0.540. The van der Waals surface area contributed by atoms with Crippen molar-refractivity contribution in [2.75, 3.05) is 5.75 Å². The molecule has 0 heterocycles. The number of unbranched alkanes of at least 4 members (excludes halogenated alkanes) is 6. The van der Waals surface area contributed by atoms with E-state index in [9.17, 15) is 18.6 Å². The SMILES string of the molecule is CCCCCCCCCS(=O)(=O)/C=C/c1ccc(O)c(O)c1. The lowest BCUT2D eigenvalue weighted by molar-refractivity contribution is 0.403. The van der Waals surface area contributed by atoms with Crippen molar-refractivity contribution in [3.05, 3.63) is 29.2 Å². The van der Waals surface area contributed by atoms with Crippen molar-refractivity contribution >= 4 is 15.9 Å². The molecule has 1 aromatic rings. The third-order valence-electron chi connectivity index (χ3n) is 3.50. The van der Waals surface area contributed by atoms with Gasteiger partial charge in [0.1, 0.15) is 0 Å². The quantitative estimate of drug-likeness (QED) is 0.498. The van der Waals surface area contributed by atoms with Crippen LogP contribution in [0.25, 0.3) is 6.08 Å². The van der Waals surface area contributed by atoms with Crippen molar-refractivity contribution in [3.63, 3.8) is 0 Å². The van der Waals surface area contributed by atoms with E-state index in [1.165, 1.54) is 49.3 Å². The molecule has 4 nitrogen and oxygen atoms in total. The Labute approximate surface area is 133 Å². The van der Waals surface area contributed by atoms with Gasteiger partial charge < -0.3 is 10.2 Å². The first kappa shape index (κ1) is 18.6. The smallest absolute Gasteiger partial charge is 0.171 e. The summed E-state index contributed by atoms with van der Waals surface area (Å²) in [6.07, 6.45) is 9.02. The van der Waals surface area contributed by atoms with Crippen LogP contribution in [-0.4, -0.2) is 24.4 Å². The van der Waals surface area contributed by atoms with Gasteiger partial charge in [-0.05, 0) is 30.2 Å². The Morgan fingerprint density at radius 3 is 2.23 bits per heavy atom. The molecule has 0 aliphatic heterocycles.